The number of aliphatic hydroxyl groups excluding tert-OH is 1. The number of aryl methyl sites for hydroxylation is 2. The molecule has 3 aromatic rings. The van der Waals surface area contributed by atoms with Crippen molar-refractivity contribution in [3.63, 3.8) is 0 Å². The maximum Gasteiger partial charge on any atom is 0.226 e. The molecule has 27 heavy (non-hydrogen) atoms. The van der Waals surface area contributed by atoms with Crippen LogP contribution in [0.3, 0.4) is 0 Å². The van der Waals surface area contributed by atoms with E-state index in [1.165, 1.54) is 0 Å². The van der Waals surface area contributed by atoms with Crippen molar-refractivity contribution < 1.29 is 19.0 Å². The molecule has 1 heterocycles. The summed E-state index contributed by atoms with van der Waals surface area (Å²) in [6.07, 6.45) is 0.624. The van der Waals surface area contributed by atoms with E-state index >= 15 is 0 Å². The van der Waals surface area contributed by atoms with E-state index in [0.717, 1.165) is 34.8 Å². The highest BCUT2D eigenvalue weighted by atomic mass is 16.6. The molecule has 0 saturated heterocycles. The number of aromatic nitrogens is 1. The Hall–Kier alpha value is -2.63. The Bertz CT molecular complexity index is 827. The van der Waals surface area contributed by atoms with Crippen LogP contribution < -0.4 is 4.74 Å². The third kappa shape index (κ3) is 5.42. The monoisotopic (exact) mass is 367 g/mol. The van der Waals surface area contributed by atoms with Crippen LogP contribution >= 0.6 is 0 Å². The summed E-state index contributed by atoms with van der Waals surface area (Å²) in [5.41, 5.74) is 2.87. The second-order valence-corrected chi connectivity index (χ2v) is 6.27. The molecule has 1 atom stereocenters. The SMILES string of the molecule is CCOC(O)CCc1ccc(OCc2nc(-c3ccccc3)oc2C)cc1. The molecule has 0 amide bonds. The van der Waals surface area contributed by atoms with Gasteiger partial charge >= 0.3 is 0 Å². The number of ether oxygens (including phenoxy) is 2. The second kappa shape index (κ2) is 9.35. The van der Waals surface area contributed by atoms with E-state index in [1.54, 1.807) is 0 Å². The standard InChI is InChI=1S/C22H25NO4/c1-3-25-21(24)14-11-17-9-12-19(13-10-17)26-15-20-16(2)27-22(23-20)18-7-5-4-6-8-18/h4-10,12-13,21,24H,3,11,14-15H2,1-2H3. The maximum atomic E-state index is 9.62. The molecule has 0 fully saturated rings. The highest BCUT2D eigenvalue weighted by Crippen LogP contribution is 2.23. The number of aliphatic hydroxyl groups is 1. The summed E-state index contributed by atoms with van der Waals surface area (Å²) in [5.74, 6) is 2.14. The molecule has 5 heteroatoms. The van der Waals surface area contributed by atoms with E-state index < -0.39 is 6.29 Å². The molecule has 1 aromatic heterocycles. The van der Waals surface area contributed by atoms with Crippen molar-refractivity contribution in [3.05, 3.63) is 71.6 Å². The van der Waals surface area contributed by atoms with E-state index in [2.05, 4.69) is 4.98 Å². The van der Waals surface area contributed by atoms with Crippen molar-refractivity contribution in [2.75, 3.05) is 6.61 Å². The van der Waals surface area contributed by atoms with E-state index in [4.69, 9.17) is 13.9 Å². The lowest BCUT2D eigenvalue weighted by molar-refractivity contribution is -0.0980. The van der Waals surface area contributed by atoms with Gasteiger partial charge in [-0.05, 0) is 50.1 Å². The lowest BCUT2D eigenvalue weighted by Crippen LogP contribution is -2.12. The summed E-state index contributed by atoms with van der Waals surface area (Å²) in [4.78, 5) is 4.55. The molecule has 0 bridgehead atoms. The minimum atomic E-state index is -0.708. The first-order chi connectivity index (χ1) is 13.2. The molecule has 2 aromatic carbocycles. The number of oxazole rings is 1. The van der Waals surface area contributed by atoms with Gasteiger partial charge in [0.15, 0.2) is 6.29 Å². The van der Waals surface area contributed by atoms with Gasteiger partial charge in [-0.3, -0.25) is 0 Å². The maximum absolute atomic E-state index is 9.62. The predicted octanol–water partition coefficient (Wildman–Crippen LogP) is 4.52. The van der Waals surface area contributed by atoms with Crippen molar-refractivity contribution in [3.8, 4) is 17.2 Å². The molecule has 0 radical (unpaired) electrons. The molecular weight excluding hydrogens is 342 g/mol. The fourth-order valence-electron chi connectivity index (χ4n) is 2.74. The van der Waals surface area contributed by atoms with E-state index in [1.807, 2.05) is 68.4 Å². The number of hydrogen-bond donors (Lipinski definition) is 1. The van der Waals surface area contributed by atoms with Gasteiger partial charge in [0.1, 0.15) is 23.8 Å². The van der Waals surface area contributed by atoms with Crippen LogP contribution in [0.5, 0.6) is 5.75 Å². The van der Waals surface area contributed by atoms with Crippen LogP contribution in [0.2, 0.25) is 0 Å². The number of hydrogen-bond acceptors (Lipinski definition) is 5. The molecular formula is C22H25NO4. The first-order valence-electron chi connectivity index (χ1n) is 9.19. The number of rotatable bonds is 9. The Morgan fingerprint density at radius 2 is 1.81 bits per heavy atom. The number of nitrogens with zero attached hydrogens (tertiary/aromatic N) is 1. The summed E-state index contributed by atoms with van der Waals surface area (Å²) in [5, 5.41) is 9.62. The molecule has 0 aliphatic rings. The first kappa shape index (κ1) is 19.1. The second-order valence-electron chi connectivity index (χ2n) is 6.27. The number of benzene rings is 2. The fraction of sp³-hybridized carbons (Fsp3) is 0.318. The van der Waals surface area contributed by atoms with Crippen LogP contribution in [0.15, 0.2) is 59.0 Å². The molecule has 0 aliphatic carbocycles. The van der Waals surface area contributed by atoms with Gasteiger partial charge in [0.25, 0.3) is 0 Å². The molecule has 5 nitrogen and oxygen atoms in total. The van der Waals surface area contributed by atoms with Crippen LogP contribution in [0.1, 0.15) is 30.4 Å². The summed E-state index contributed by atoms with van der Waals surface area (Å²) >= 11 is 0. The van der Waals surface area contributed by atoms with Gasteiger partial charge in [0, 0.05) is 18.6 Å². The largest absolute Gasteiger partial charge is 0.487 e. The molecule has 0 spiro atoms. The first-order valence-corrected chi connectivity index (χ1v) is 9.19. The zero-order chi connectivity index (χ0) is 19.1. The minimum Gasteiger partial charge on any atom is -0.487 e. The Labute approximate surface area is 159 Å². The highest BCUT2D eigenvalue weighted by Gasteiger charge is 2.12. The smallest absolute Gasteiger partial charge is 0.226 e. The van der Waals surface area contributed by atoms with Crippen molar-refractivity contribution in [1.82, 2.24) is 4.98 Å². The summed E-state index contributed by atoms with van der Waals surface area (Å²) in [7, 11) is 0. The summed E-state index contributed by atoms with van der Waals surface area (Å²) < 4.78 is 16.7. The molecule has 3 rings (SSSR count). The summed E-state index contributed by atoms with van der Waals surface area (Å²) in [6, 6.07) is 17.7. The molecule has 0 aliphatic heterocycles. The van der Waals surface area contributed by atoms with Gasteiger partial charge in [-0.25, -0.2) is 4.98 Å². The third-order valence-electron chi connectivity index (χ3n) is 4.25. The van der Waals surface area contributed by atoms with Gasteiger partial charge in [-0.15, -0.1) is 0 Å². The van der Waals surface area contributed by atoms with Crippen LogP contribution in [-0.4, -0.2) is 23.0 Å². The fourth-order valence-corrected chi connectivity index (χ4v) is 2.74. The van der Waals surface area contributed by atoms with Crippen LogP contribution in [0, 0.1) is 6.92 Å². The zero-order valence-corrected chi connectivity index (χ0v) is 15.7. The predicted molar refractivity (Wildman–Crippen MR) is 103 cm³/mol. The Kier molecular flexibility index (Phi) is 6.63. The van der Waals surface area contributed by atoms with Crippen LogP contribution in [0.25, 0.3) is 11.5 Å². The van der Waals surface area contributed by atoms with Gasteiger partial charge in [-0.2, -0.15) is 0 Å². The molecule has 1 N–H and O–H groups in total. The Balaban J connectivity index is 1.55. The average Bonchev–Trinajstić information content (AvgIpc) is 3.07. The van der Waals surface area contributed by atoms with Crippen molar-refractivity contribution in [2.24, 2.45) is 0 Å². The van der Waals surface area contributed by atoms with E-state index in [0.29, 0.717) is 25.5 Å². The van der Waals surface area contributed by atoms with Gasteiger partial charge in [0.05, 0.1) is 0 Å². The zero-order valence-electron chi connectivity index (χ0n) is 15.7. The van der Waals surface area contributed by atoms with Crippen molar-refractivity contribution >= 4 is 0 Å². The van der Waals surface area contributed by atoms with Gasteiger partial charge < -0.3 is 19.0 Å². The van der Waals surface area contributed by atoms with E-state index in [9.17, 15) is 5.11 Å². The molecule has 142 valence electrons. The minimum absolute atomic E-state index is 0.352. The van der Waals surface area contributed by atoms with E-state index in [-0.39, 0.29) is 0 Å². The average molecular weight is 367 g/mol. The third-order valence-corrected chi connectivity index (χ3v) is 4.25. The normalized spacial score (nSPS) is 12.1. The summed E-state index contributed by atoms with van der Waals surface area (Å²) in [6.45, 7) is 4.63. The van der Waals surface area contributed by atoms with Crippen LogP contribution in [-0.2, 0) is 17.8 Å². The van der Waals surface area contributed by atoms with Gasteiger partial charge in [-0.1, -0.05) is 30.3 Å². The van der Waals surface area contributed by atoms with Crippen molar-refractivity contribution in [2.45, 2.75) is 39.6 Å². The molecule has 0 saturated carbocycles. The van der Waals surface area contributed by atoms with Gasteiger partial charge in [0.2, 0.25) is 5.89 Å². The van der Waals surface area contributed by atoms with Crippen molar-refractivity contribution in [1.29, 1.82) is 0 Å². The topological polar surface area (TPSA) is 64.7 Å². The Morgan fingerprint density at radius 1 is 1.07 bits per heavy atom. The molecule has 1 unspecified atom stereocenters. The quantitative estimate of drug-likeness (QED) is 0.564. The lowest BCUT2D eigenvalue weighted by atomic mass is 10.1. The lowest BCUT2D eigenvalue weighted by Gasteiger charge is -2.10. The Morgan fingerprint density at radius 3 is 2.52 bits per heavy atom. The highest BCUT2D eigenvalue weighted by molar-refractivity contribution is 5.53. The van der Waals surface area contributed by atoms with Crippen LogP contribution in [0.4, 0.5) is 0 Å².